The first-order valence-electron chi connectivity index (χ1n) is 5.50. The van der Waals surface area contributed by atoms with E-state index in [9.17, 15) is 0 Å². The molecule has 6 heteroatoms. The van der Waals surface area contributed by atoms with E-state index in [-0.39, 0.29) is 0 Å². The molecule has 19 heavy (non-hydrogen) atoms. The Balaban J connectivity index is 2.01. The minimum Gasteiger partial charge on any atom is -0.423 e. The van der Waals surface area contributed by atoms with Crippen molar-refractivity contribution in [2.24, 2.45) is 0 Å². The van der Waals surface area contributed by atoms with Crippen LogP contribution in [0.2, 0.25) is 5.02 Å². The highest BCUT2D eigenvalue weighted by Crippen LogP contribution is 2.30. The molecule has 0 fully saturated rings. The fourth-order valence-electron chi connectivity index (χ4n) is 1.73. The third kappa shape index (κ3) is 2.39. The first-order chi connectivity index (χ1) is 9.13. The maximum atomic E-state index is 5.96. The topological polar surface area (TPSA) is 64.1 Å². The Morgan fingerprint density at radius 1 is 1.26 bits per heavy atom. The lowest BCUT2D eigenvalue weighted by Crippen LogP contribution is -1.91. The molecule has 0 bridgehead atoms. The second-order valence-electron chi connectivity index (χ2n) is 3.96. The highest BCUT2D eigenvalue weighted by molar-refractivity contribution is 9.10. The van der Waals surface area contributed by atoms with Gasteiger partial charge < -0.3 is 15.5 Å². The number of para-hydroxylation sites is 1. The summed E-state index contributed by atoms with van der Waals surface area (Å²) in [5, 5.41) is 3.69. The van der Waals surface area contributed by atoms with Crippen molar-refractivity contribution in [3.8, 4) is 0 Å². The summed E-state index contributed by atoms with van der Waals surface area (Å²) in [6, 6.07) is 11.2. The van der Waals surface area contributed by atoms with E-state index in [4.69, 9.17) is 21.8 Å². The summed E-state index contributed by atoms with van der Waals surface area (Å²) in [4.78, 5) is 4.31. The van der Waals surface area contributed by atoms with Crippen LogP contribution in [0.5, 0.6) is 0 Å². The average Bonchev–Trinajstić information content (AvgIpc) is 2.78. The number of hydrogen-bond acceptors (Lipinski definition) is 4. The largest absolute Gasteiger partial charge is 0.423 e. The van der Waals surface area contributed by atoms with Crippen LogP contribution in [-0.4, -0.2) is 4.98 Å². The lowest BCUT2D eigenvalue weighted by molar-refractivity contribution is 0.623. The van der Waals surface area contributed by atoms with Gasteiger partial charge in [-0.1, -0.05) is 17.7 Å². The van der Waals surface area contributed by atoms with Crippen molar-refractivity contribution < 1.29 is 4.42 Å². The molecule has 0 unspecified atom stereocenters. The number of halogens is 2. The van der Waals surface area contributed by atoms with Crippen LogP contribution in [0.1, 0.15) is 0 Å². The number of anilines is 3. The van der Waals surface area contributed by atoms with Crippen LogP contribution in [0.3, 0.4) is 0 Å². The number of nitrogens with one attached hydrogen (secondary N) is 1. The van der Waals surface area contributed by atoms with Crippen molar-refractivity contribution >= 4 is 56.0 Å². The predicted molar refractivity (Wildman–Crippen MR) is 80.9 cm³/mol. The average molecular weight is 339 g/mol. The maximum Gasteiger partial charge on any atom is 0.300 e. The molecule has 1 aromatic heterocycles. The first kappa shape index (κ1) is 12.3. The Bertz CT molecular complexity index is 757. The van der Waals surface area contributed by atoms with E-state index in [1.165, 1.54) is 0 Å². The van der Waals surface area contributed by atoms with E-state index >= 15 is 0 Å². The number of nitrogens with two attached hydrogens (primary N) is 1. The molecule has 0 radical (unpaired) electrons. The van der Waals surface area contributed by atoms with Crippen molar-refractivity contribution in [2.45, 2.75) is 0 Å². The molecule has 1 heterocycles. The van der Waals surface area contributed by atoms with Gasteiger partial charge in [-0.3, -0.25) is 0 Å². The molecule has 0 aliphatic carbocycles. The molecule has 0 saturated heterocycles. The molecule has 0 aliphatic rings. The molecule has 0 atom stereocenters. The summed E-state index contributed by atoms with van der Waals surface area (Å²) in [5.74, 6) is 0. The van der Waals surface area contributed by atoms with E-state index in [1.54, 1.807) is 18.2 Å². The molecular weight excluding hydrogens is 330 g/mol. The first-order valence-corrected chi connectivity index (χ1v) is 6.68. The monoisotopic (exact) mass is 337 g/mol. The van der Waals surface area contributed by atoms with E-state index in [0.29, 0.717) is 27.8 Å². The van der Waals surface area contributed by atoms with Crippen LogP contribution < -0.4 is 11.1 Å². The number of oxazole rings is 1. The van der Waals surface area contributed by atoms with Crippen molar-refractivity contribution in [1.82, 2.24) is 4.98 Å². The van der Waals surface area contributed by atoms with Gasteiger partial charge in [-0.15, -0.1) is 0 Å². The molecular formula is C13H9BrClN3O. The lowest BCUT2D eigenvalue weighted by Gasteiger charge is -2.04. The Labute approximate surface area is 122 Å². The number of fused-ring (bicyclic) bond motifs is 1. The standard InChI is InChI=1S/C13H9BrClN3O/c14-8-5-4-7(15)6-10(8)17-13-18-12-9(16)2-1-3-11(12)19-13/h1-6H,16H2,(H,17,18). The van der Waals surface area contributed by atoms with Gasteiger partial charge in [0.1, 0.15) is 5.52 Å². The number of benzene rings is 2. The highest BCUT2D eigenvalue weighted by Gasteiger charge is 2.09. The fraction of sp³-hybridized carbons (Fsp3) is 0. The van der Waals surface area contributed by atoms with Crippen molar-refractivity contribution in [2.75, 3.05) is 11.1 Å². The number of nitrogen functional groups attached to an aromatic ring is 1. The zero-order valence-electron chi connectivity index (χ0n) is 9.65. The number of rotatable bonds is 2. The van der Waals surface area contributed by atoms with Crippen LogP contribution in [0, 0.1) is 0 Å². The SMILES string of the molecule is Nc1cccc2oc(Nc3cc(Cl)ccc3Br)nc12. The van der Waals surface area contributed by atoms with Gasteiger partial charge in [0.05, 0.1) is 11.4 Å². The molecule has 0 aliphatic heterocycles. The molecule has 0 saturated carbocycles. The molecule has 3 aromatic rings. The summed E-state index contributed by atoms with van der Waals surface area (Å²) in [7, 11) is 0. The number of nitrogens with zero attached hydrogens (tertiary/aromatic N) is 1. The third-order valence-corrected chi connectivity index (χ3v) is 3.55. The minimum absolute atomic E-state index is 0.371. The van der Waals surface area contributed by atoms with Crippen molar-refractivity contribution in [3.05, 3.63) is 45.9 Å². The highest BCUT2D eigenvalue weighted by atomic mass is 79.9. The Hall–Kier alpha value is -1.72. The zero-order valence-corrected chi connectivity index (χ0v) is 12.0. The van der Waals surface area contributed by atoms with Gasteiger partial charge in [-0.25, -0.2) is 0 Å². The minimum atomic E-state index is 0.371. The van der Waals surface area contributed by atoms with Crippen LogP contribution >= 0.6 is 27.5 Å². The maximum absolute atomic E-state index is 5.96. The van der Waals surface area contributed by atoms with Gasteiger partial charge in [-0.2, -0.15) is 4.98 Å². The molecule has 2 aromatic carbocycles. The Kier molecular flexibility index (Phi) is 3.08. The molecule has 3 N–H and O–H groups in total. The van der Waals surface area contributed by atoms with Crippen LogP contribution in [0.4, 0.5) is 17.4 Å². The van der Waals surface area contributed by atoms with Crippen molar-refractivity contribution in [3.63, 3.8) is 0 Å². The van der Waals surface area contributed by atoms with E-state index < -0.39 is 0 Å². The quantitative estimate of drug-likeness (QED) is 0.672. The van der Waals surface area contributed by atoms with E-state index in [2.05, 4.69) is 26.2 Å². The van der Waals surface area contributed by atoms with Crippen LogP contribution in [0.25, 0.3) is 11.1 Å². The summed E-state index contributed by atoms with van der Waals surface area (Å²) >= 11 is 9.39. The van der Waals surface area contributed by atoms with Gasteiger partial charge in [0.2, 0.25) is 0 Å². The van der Waals surface area contributed by atoms with Gasteiger partial charge in [0, 0.05) is 9.50 Å². The predicted octanol–water partition coefficient (Wildman–Crippen LogP) is 4.57. The third-order valence-electron chi connectivity index (χ3n) is 2.62. The molecule has 0 spiro atoms. The number of hydrogen-bond donors (Lipinski definition) is 2. The number of aromatic nitrogens is 1. The molecule has 3 rings (SSSR count). The summed E-state index contributed by atoms with van der Waals surface area (Å²) in [6.07, 6.45) is 0. The summed E-state index contributed by atoms with van der Waals surface area (Å²) < 4.78 is 6.45. The summed E-state index contributed by atoms with van der Waals surface area (Å²) in [5.41, 5.74) is 8.48. The van der Waals surface area contributed by atoms with Gasteiger partial charge in [0.15, 0.2) is 5.58 Å². The lowest BCUT2D eigenvalue weighted by atomic mass is 10.3. The van der Waals surface area contributed by atoms with Crippen LogP contribution in [-0.2, 0) is 0 Å². The molecule has 0 amide bonds. The second kappa shape index (κ2) is 4.75. The normalized spacial score (nSPS) is 10.8. The summed E-state index contributed by atoms with van der Waals surface area (Å²) in [6.45, 7) is 0. The van der Waals surface area contributed by atoms with Gasteiger partial charge in [0.25, 0.3) is 6.01 Å². The molecule has 4 nitrogen and oxygen atoms in total. The Morgan fingerprint density at radius 3 is 2.89 bits per heavy atom. The van der Waals surface area contributed by atoms with Crippen LogP contribution in [0.15, 0.2) is 45.3 Å². The van der Waals surface area contributed by atoms with E-state index in [0.717, 1.165) is 10.2 Å². The van der Waals surface area contributed by atoms with Gasteiger partial charge in [-0.05, 0) is 46.3 Å². The second-order valence-corrected chi connectivity index (χ2v) is 5.25. The van der Waals surface area contributed by atoms with Gasteiger partial charge >= 0.3 is 0 Å². The fourth-order valence-corrected chi connectivity index (χ4v) is 2.25. The van der Waals surface area contributed by atoms with E-state index in [1.807, 2.05) is 18.2 Å². The smallest absolute Gasteiger partial charge is 0.300 e. The Morgan fingerprint density at radius 2 is 2.11 bits per heavy atom. The molecule has 96 valence electrons. The zero-order chi connectivity index (χ0) is 13.4. The van der Waals surface area contributed by atoms with Crippen molar-refractivity contribution in [1.29, 1.82) is 0 Å².